The summed E-state index contributed by atoms with van der Waals surface area (Å²) in [7, 11) is 0. The predicted molar refractivity (Wildman–Crippen MR) is 81.5 cm³/mol. The number of halogens is 3. The van der Waals surface area contributed by atoms with E-state index in [0.717, 1.165) is 12.2 Å². The van der Waals surface area contributed by atoms with E-state index in [4.69, 9.17) is 10.5 Å². The summed E-state index contributed by atoms with van der Waals surface area (Å²) in [5, 5.41) is 0. The highest BCUT2D eigenvalue weighted by Crippen LogP contribution is 2.34. The number of alkyl halides is 3. The molecule has 0 amide bonds. The van der Waals surface area contributed by atoms with E-state index >= 15 is 0 Å². The molecule has 1 aliphatic heterocycles. The van der Waals surface area contributed by atoms with Crippen LogP contribution in [0, 0.1) is 0 Å². The molecular weight excluding hydrogens is 323 g/mol. The molecule has 0 radical (unpaired) electrons. The van der Waals surface area contributed by atoms with Gasteiger partial charge >= 0.3 is 6.36 Å². The first-order valence-electron chi connectivity index (χ1n) is 7.59. The molecule has 0 aliphatic carbocycles. The molecule has 3 N–H and O–H groups in total. The quantitative estimate of drug-likeness (QED) is 0.876. The van der Waals surface area contributed by atoms with Gasteiger partial charge in [-0.15, -0.1) is 13.2 Å². The fourth-order valence-corrected chi connectivity index (χ4v) is 2.90. The summed E-state index contributed by atoms with van der Waals surface area (Å²) in [5.41, 5.74) is 7.22. The minimum atomic E-state index is -4.70. The molecule has 0 unspecified atom stereocenters. The van der Waals surface area contributed by atoms with Crippen LogP contribution in [-0.4, -0.2) is 35.1 Å². The van der Waals surface area contributed by atoms with Crippen LogP contribution in [-0.2, 0) is 4.74 Å². The van der Waals surface area contributed by atoms with Gasteiger partial charge in [0.1, 0.15) is 11.6 Å². The maximum absolute atomic E-state index is 12.2. The third kappa shape index (κ3) is 3.39. The third-order valence-corrected chi connectivity index (χ3v) is 4.16. The van der Waals surface area contributed by atoms with Crippen LogP contribution in [0.1, 0.15) is 25.1 Å². The van der Waals surface area contributed by atoms with Gasteiger partial charge in [0.2, 0.25) is 0 Å². The highest BCUT2D eigenvalue weighted by molar-refractivity contribution is 5.59. The number of hydrogen-bond acceptors (Lipinski definition) is 4. The van der Waals surface area contributed by atoms with Crippen molar-refractivity contribution in [2.24, 2.45) is 5.73 Å². The molecule has 5 nitrogen and oxygen atoms in total. The van der Waals surface area contributed by atoms with Crippen molar-refractivity contribution in [1.82, 2.24) is 9.97 Å². The molecule has 24 heavy (non-hydrogen) atoms. The van der Waals surface area contributed by atoms with Gasteiger partial charge < -0.3 is 20.2 Å². The Bertz CT molecular complexity index is 693. The Morgan fingerprint density at radius 3 is 2.50 bits per heavy atom. The van der Waals surface area contributed by atoms with Crippen LogP contribution in [0.5, 0.6) is 5.75 Å². The van der Waals surface area contributed by atoms with E-state index < -0.39 is 11.9 Å². The van der Waals surface area contributed by atoms with E-state index in [1.807, 2.05) is 6.92 Å². The summed E-state index contributed by atoms with van der Waals surface area (Å²) in [5.74, 6) is 0.530. The van der Waals surface area contributed by atoms with Gasteiger partial charge in [0.15, 0.2) is 0 Å². The first-order chi connectivity index (χ1) is 11.3. The van der Waals surface area contributed by atoms with Gasteiger partial charge in [-0.25, -0.2) is 4.98 Å². The summed E-state index contributed by atoms with van der Waals surface area (Å²) in [6.45, 7) is 3.01. The molecule has 1 saturated heterocycles. The van der Waals surface area contributed by atoms with Gasteiger partial charge in [-0.3, -0.25) is 0 Å². The Kier molecular flexibility index (Phi) is 4.27. The van der Waals surface area contributed by atoms with Crippen LogP contribution in [0.15, 0.2) is 30.5 Å². The summed E-state index contributed by atoms with van der Waals surface area (Å²) in [4.78, 5) is 7.67. The van der Waals surface area contributed by atoms with Crippen molar-refractivity contribution in [2.45, 2.75) is 31.2 Å². The van der Waals surface area contributed by atoms with Crippen molar-refractivity contribution < 1.29 is 22.6 Å². The van der Waals surface area contributed by atoms with Gasteiger partial charge in [0.25, 0.3) is 0 Å². The first kappa shape index (κ1) is 16.8. The van der Waals surface area contributed by atoms with Crippen molar-refractivity contribution in [1.29, 1.82) is 0 Å². The SMILES string of the molecule is CC[C@H](c1nc(-c2ccc(OC(F)(F)F)cc2)c[nH]1)C1(N)COC1. The first-order valence-corrected chi connectivity index (χ1v) is 7.59. The zero-order valence-corrected chi connectivity index (χ0v) is 13.1. The van der Waals surface area contributed by atoms with Gasteiger partial charge in [-0.2, -0.15) is 0 Å². The van der Waals surface area contributed by atoms with Gasteiger partial charge in [0, 0.05) is 17.7 Å². The summed E-state index contributed by atoms with van der Waals surface area (Å²) in [6, 6.07) is 5.59. The van der Waals surface area contributed by atoms with Crippen LogP contribution >= 0.6 is 0 Å². The number of hydrogen-bond donors (Lipinski definition) is 2. The van der Waals surface area contributed by atoms with Crippen molar-refractivity contribution in [3.63, 3.8) is 0 Å². The molecule has 3 rings (SSSR count). The molecule has 0 spiro atoms. The molecule has 1 fully saturated rings. The molecule has 8 heteroatoms. The number of aromatic amines is 1. The fraction of sp³-hybridized carbons (Fsp3) is 0.438. The second-order valence-corrected chi connectivity index (χ2v) is 5.93. The van der Waals surface area contributed by atoms with Crippen molar-refractivity contribution in [3.8, 4) is 17.0 Å². The number of benzene rings is 1. The smallest absolute Gasteiger partial charge is 0.406 e. The summed E-state index contributed by atoms with van der Waals surface area (Å²) < 4.78 is 45.6. The molecular formula is C16H18F3N3O2. The lowest BCUT2D eigenvalue weighted by Gasteiger charge is -2.43. The lowest BCUT2D eigenvalue weighted by atomic mass is 9.81. The van der Waals surface area contributed by atoms with E-state index in [1.165, 1.54) is 24.3 Å². The molecule has 1 aliphatic rings. The Hall–Kier alpha value is -2.06. The van der Waals surface area contributed by atoms with Gasteiger partial charge in [0.05, 0.1) is 24.4 Å². The van der Waals surface area contributed by atoms with Crippen LogP contribution < -0.4 is 10.5 Å². The molecule has 1 aromatic heterocycles. The largest absolute Gasteiger partial charge is 0.573 e. The number of imidazole rings is 1. The average molecular weight is 341 g/mol. The van der Waals surface area contributed by atoms with Gasteiger partial charge in [-0.05, 0) is 30.7 Å². The number of nitrogens with one attached hydrogen (secondary N) is 1. The Labute approximate surface area is 137 Å². The number of ether oxygens (including phenoxy) is 2. The standard InChI is InChI=1S/C16H18F3N3O2/c1-2-12(15(20)8-23-9-15)14-21-7-13(22-14)10-3-5-11(6-4-10)24-16(17,18)19/h3-7,12H,2,8-9,20H2,1H3,(H,21,22)/t12-/m1/s1. The lowest BCUT2D eigenvalue weighted by Crippen LogP contribution is -2.61. The van der Waals surface area contributed by atoms with Crippen LogP contribution in [0.4, 0.5) is 13.2 Å². The van der Waals surface area contributed by atoms with E-state index in [9.17, 15) is 13.2 Å². The molecule has 130 valence electrons. The number of nitrogens with two attached hydrogens (primary N) is 1. The predicted octanol–water partition coefficient (Wildman–Crippen LogP) is 3.20. The number of H-pyrrole nitrogens is 1. The highest BCUT2D eigenvalue weighted by atomic mass is 19.4. The molecule has 0 saturated carbocycles. The zero-order chi connectivity index (χ0) is 17.4. The van der Waals surface area contributed by atoms with E-state index in [1.54, 1.807) is 6.20 Å². The Balaban J connectivity index is 1.78. The van der Waals surface area contributed by atoms with E-state index in [2.05, 4.69) is 14.7 Å². The minimum Gasteiger partial charge on any atom is -0.406 e. The Morgan fingerprint density at radius 1 is 1.33 bits per heavy atom. The average Bonchev–Trinajstić information content (AvgIpc) is 2.95. The number of nitrogens with zero attached hydrogens (tertiary/aromatic N) is 1. The normalized spacial score (nSPS) is 18.0. The second kappa shape index (κ2) is 6.10. The fourth-order valence-electron chi connectivity index (χ4n) is 2.90. The number of aromatic nitrogens is 2. The minimum absolute atomic E-state index is 0.0350. The molecule has 1 atom stereocenters. The van der Waals surface area contributed by atoms with Crippen LogP contribution in [0.25, 0.3) is 11.3 Å². The molecule has 2 heterocycles. The maximum atomic E-state index is 12.2. The topological polar surface area (TPSA) is 73.2 Å². The molecule has 0 bridgehead atoms. The van der Waals surface area contributed by atoms with Crippen LogP contribution in [0.3, 0.4) is 0 Å². The van der Waals surface area contributed by atoms with Crippen molar-refractivity contribution >= 4 is 0 Å². The third-order valence-electron chi connectivity index (χ3n) is 4.16. The molecule has 2 aromatic rings. The van der Waals surface area contributed by atoms with Crippen molar-refractivity contribution in [2.75, 3.05) is 13.2 Å². The van der Waals surface area contributed by atoms with E-state index in [-0.39, 0.29) is 11.7 Å². The summed E-state index contributed by atoms with van der Waals surface area (Å²) in [6.07, 6.45) is -2.17. The highest BCUT2D eigenvalue weighted by Gasteiger charge is 2.43. The second-order valence-electron chi connectivity index (χ2n) is 5.93. The zero-order valence-electron chi connectivity index (χ0n) is 13.1. The van der Waals surface area contributed by atoms with Gasteiger partial charge in [-0.1, -0.05) is 6.92 Å². The number of rotatable bonds is 5. The molecule has 1 aromatic carbocycles. The Morgan fingerprint density at radius 2 is 2.00 bits per heavy atom. The maximum Gasteiger partial charge on any atom is 0.573 e. The summed E-state index contributed by atoms with van der Waals surface area (Å²) >= 11 is 0. The van der Waals surface area contributed by atoms with E-state index in [0.29, 0.717) is 24.5 Å². The monoisotopic (exact) mass is 341 g/mol. The lowest BCUT2D eigenvalue weighted by molar-refractivity contribution is -0.274. The van der Waals surface area contributed by atoms with Crippen LogP contribution in [0.2, 0.25) is 0 Å². The van der Waals surface area contributed by atoms with Crippen molar-refractivity contribution in [3.05, 3.63) is 36.3 Å².